The standard InChI is InChI=1S/C23H29N3O/c1-18-17-20(9-10-21(18)26-15-13-25(2)14-16-26)24-22(27)23(11-6-12-23)19-7-4-3-5-8-19/h3-5,7-10,17H,6,11-16H2,1-2H3,(H,24,27). The molecule has 1 saturated heterocycles. The minimum Gasteiger partial charge on any atom is -0.369 e. The summed E-state index contributed by atoms with van der Waals surface area (Å²) in [5.41, 5.74) is 4.19. The van der Waals surface area contributed by atoms with E-state index in [2.05, 4.69) is 59.4 Å². The van der Waals surface area contributed by atoms with E-state index in [9.17, 15) is 4.79 Å². The first-order valence-electron chi connectivity index (χ1n) is 10.00. The fourth-order valence-electron chi connectivity index (χ4n) is 4.32. The van der Waals surface area contributed by atoms with Crippen LogP contribution in [-0.2, 0) is 10.2 Å². The lowest BCUT2D eigenvalue weighted by atomic mass is 9.64. The normalized spacial score (nSPS) is 19.4. The molecule has 0 atom stereocenters. The molecule has 4 heteroatoms. The molecular weight excluding hydrogens is 334 g/mol. The molecular formula is C23H29N3O. The number of benzene rings is 2. The van der Waals surface area contributed by atoms with Crippen LogP contribution in [0.3, 0.4) is 0 Å². The number of nitrogens with one attached hydrogen (secondary N) is 1. The van der Waals surface area contributed by atoms with Crippen LogP contribution in [0.25, 0.3) is 0 Å². The summed E-state index contributed by atoms with van der Waals surface area (Å²) in [4.78, 5) is 17.9. The number of piperazine rings is 1. The van der Waals surface area contributed by atoms with Crippen LogP contribution in [0, 0.1) is 6.92 Å². The van der Waals surface area contributed by atoms with Gasteiger partial charge in [-0.2, -0.15) is 0 Å². The first-order valence-corrected chi connectivity index (χ1v) is 10.00. The molecule has 1 aliphatic heterocycles. The number of likely N-dealkylation sites (N-methyl/N-ethyl adjacent to an activating group) is 1. The Morgan fingerprint density at radius 1 is 1.00 bits per heavy atom. The molecule has 1 heterocycles. The van der Waals surface area contributed by atoms with Crippen molar-refractivity contribution in [2.24, 2.45) is 0 Å². The van der Waals surface area contributed by atoms with Gasteiger partial charge in [0.15, 0.2) is 0 Å². The van der Waals surface area contributed by atoms with E-state index in [4.69, 9.17) is 0 Å². The molecule has 1 amide bonds. The molecule has 0 unspecified atom stereocenters. The van der Waals surface area contributed by atoms with Crippen molar-refractivity contribution < 1.29 is 4.79 Å². The first kappa shape index (κ1) is 18.1. The van der Waals surface area contributed by atoms with Crippen LogP contribution in [0.2, 0.25) is 0 Å². The monoisotopic (exact) mass is 363 g/mol. The van der Waals surface area contributed by atoms with Crippen molar-refractivity contribution in [1.82, 2.24) is 4.90 Å². The molecule has 2 aromatic rings. The fourth-order valence-corrected chi connectivity index (χ4v) is 4.32. The zero-order valence-electron chi connectivity index (χ0n) is 16.4. The third-order valence-electron chi connectivity index (χ3n) is 6.27. The smallest absolute Gasteiger partial charge is 0.235 e. The van der Waals surface area contributed by atoms with E-state index in [1.54, 1.807) is 0 Å². The molecule has 4 nitrogen and oxygen atoms in total. The second-order valence-corrected chi connectivity index (χ2v) is 8.05. The number of nitrogens with zero attached hydrogens (tertiary/aromatic N) is 2. The maximum absolute atomic E-state index is 13.1. The highest BCUT2D eigenvalue weighted by atomic mass is 16.2. The lowest BCUT2D eigenvalue weighted by Gasteiger charge is -2.40. The van der Waals surface area contributed by atoms with Crippen molar-refractivity contribution in [3.8, 4) is 0 Å². The van der Waals surface area contributed by atoms with Crippen molar-refractivity contribution in [2.45, 2.75) is 31.6 Å². The second-order valence-electron chi connectivity index (χ2n) is 8.05. The zero-order valence-corrected chi connectivity index (χ0v) is 16.4. The molecule has 0 radical (unpaired) electrons. The molecule has 2 fully saturated rings. The Morgan fingerprint density at radius 2 is 1.70 bits per heavy atom. The number of hydrogen-bond acceptors (Lipinski definition) is 3. The Kier molecular flexibility index (Phi) is 4.92. The number of hydrogen-bond donors (Lipinski definition) is 1. The van der Waals surface area contributed by atoms with Crippen LogP contribution in [0.15, 0.2) is 48.5 Å². The molecule has 1 aliphatic carbocycles. The molecule has 2 aromatic carbocycles. The Hall–Kier alpha value is -2.33. The molecule has 0 aromatic heterocycles. The molecule has 0 bridgehead atoms. The van der Waals surface area contributed by atoms with Crippen LogP contribution in [0.5, 0.6) is 0 Å². The van der Waals surface area contributed by atoms with Crippen LogP contribution in [-0.4, -0.2) is 44.0 Å². The Morgan fingerprint density at radius 3 is 2.30 bits per heavy atom. The Balaban J connectivity index is 1.49. The average Bonchev–Trinajstić information content (AvgIpc) is 2.63. The maximum Gasteiger partial charge on any atom is 0.235 e. The highest BCUT2D eigenvalue weighted by Gasteiger charge is 2.45. The molecule has 0 spiro atoms. The summed E-state index contributed by atoms with van der Waals surface area (Å²) in [5, 5.41) is 3.20. The summed E-state index contributed by atoms with van der Waals surface area (Å²) >= 11 is 0. The molecule has 1 N–H and O–H groups in total. The lowest BCUT2D eigenvalue weighted by Crippen LogP contribution is -2.46. The van der Waals surface area contributed by atoms with E-state index in [0.29, 0.717) is 0 Å². The van der Waals surface area contributed by atoms with Crippen LogP contribution >= 0.6 is 0 Å². The van der Waals surface area contributed by atoms with Gasteiger partial charge in [0.05, 0.1) is 5.41 Å². The minimum atomic E-state index is -0.356. The topological polar surface area (TPSA) is 35.6 Å². The van der Waals surface area contributed by atoms with E-state index in [1.807, 2.05) is 18.2 Å². The van der Waals surface area contributed by atoms with Crippen LogP contribution < -0.4 is 10.2 Å². The quantitative estimate of drug-likeness (QED) is 0.897. The third-order valence-corrected chi connectivity index (χ3v) is 6.27. The van der Waals surface area contributed by atoms with Gasteiger partial charge in [-0.25, -0.2) is 0 Å². The number of carbonyl (C=O) groups is 1. The van der Waals surface area contributed by atoms with E-state index in [-0.39, 0.29) is 11.3 Å². The fraction of sp³-hybridized carbons (Fsp3) is 0.435. The average molecular weight is 364 g/mol. The second kappa shape index (κ2) is 7.35. The van der Waals surface area contributed by atoms with Crippen molar-refractivity contribution in [1.29, 1.82) is 0 Å². The Labute approximate surface area is 162 Å². The van der Waals surface area contributed by atoms with Gasteiger partial charge in [0.2, 0.25) is 5.91 Å². The summed E-state index contributed by atoms with van der Waals surface area (Å²) in [5.74, 6) is 0.131. The molecule has 1 saturated carbocycles. The van der Waals surface area contributed by atoms with Crippen LogP contribution in [0.4, 0.5) is 11.4 Å². The third kappa shape index (κ3) is 3.46. The van der Waals surface area contributed by atoms with Gasteiger partial charge in [0, 0.05) is 37.6 Å². The number of aryl methyl sites for hydroxylation is 1. The molecule has 142 valence electrons. The van der Waals surface area contributed by atoms with Crippen molar-refractivity contribution >= 4 is 17.3 Å². The van der Waals surface area contributed by atoms with Gasteiger partial charge in [-0.3, -0.25) is 4.79 Å². The van der Waals surface area contributed by atoms with Gasteiger partial charge in [0.25, 0.3) is 0 Å². The zero-order chi connectivity index (χ0) is 18.9. The summed E-state index contributed by atoms with van der Waals surface area (Å²) < 4.78 is 0. The summed E-state index contributed by atoms with van der Waals surface area (Å²) in [6, 6.07) is 16.6. The Bertz CT molecular complexity index is 806. The SMILES string of the molecule is Cc1cc(NC(=O)C2(c3ccccc3)CCC2)ccc1N1CCN(C)CC1. The number of rotatable bonds is 4. The van der Waals surface area contributed by atoms with Crippen LogP contribution in [0.1, 0.15) is 30.4 Å². The van der Waals surface area contributed by atoms with E-state index in [1.165, 1.54) is 11.3 Å². The molecule has 2 aliphatic rings. The number of anilines is 2. The van der Waals surface area contributed by atoms with Gasteiger partial charge < -0.3 is 15.1 Å². The first-order chi connectivity index (χ1) is 13.1. The number of amides is 1. The summed E-state index contributed by atoms with van der Waals surface area (Å²) in [6.45, 7) is 6.44. The van der Waals surface area contributed by atoms with E-state index < -0.39 is 0 Å². The van der Waals surface area contributed by atoms with Crippen molar-refractivity contribution in [3.05, 3.63) is 59.7 Å². The predicted octanol–water partition coefficient (Wildman–Crippen LogP) is 3.81. The van der Waals surface area contributed by atoms with Gasteiger partial charge in [-0.1, -0.05) is 36.8 Å². The van der Waals surface area contributed by atoms with E-state index in [0.717, 1.165) is 56.7 Å². The van der Waals surface area contributed by atoms with E-state index >= 15 is 0 Å². The lowest BCUT2D eigenvalue weighted by molar-refractivity contribution is -0.124. The predicted molar refractivity (Wildman–Crippen MR) is 111 cm³/mol. The van der Waals surface area contributed by atoms with Gasteiger partial charge in [-0.15, -0.1) is 0 Å². The van der Waals surface area contributed by atoms with Gasteiger partial charge >= 0.3 is 0 Å². The largest absolute Gasteiger partial charge is 0.369 e. The summed E-state index contributed by atoms with van der Waals surface area (Å²) in [6.07, 6.45) is 2.98. The summed E-state index contributed by atoms with van der Waals surface area (Å²) in [7, 11) is 2.17. The number of carbonyl (C=O) groups excluding carboxylic acids is 1. The van der Waals surface area contributed by atoms with Gasteiger partial charge in [-0.05, 0) is 56.1 Å². The minimum absolute atomic E-state index is 0.131. The highest BCUT2D eigenvalue weighted by Crippen LogP contribution is 2.44. The molecule has 4 rings (SSSR count). The maximum atomic E-state index is 13.1. The van der Waals surface area contributed by atoms with Gasteiger partial charge in [0.1, 0.15) is 0 Å². The van der Waals surface area contributed by atoms with Crippen molar-refractivity contribution in [2.75, 3.05) is 43.4 Å². The van der Waals surface area contributed by atoms with Crippen molar-refractivity contribution in [3.63, 3.8) is 0 Å². The molecule has 27 heavy (non-hydrogen) atoms. The highest BCUT2D eigenvalue weighted by molar-refractivity contribution is 6.00.